The van der Waals surface area contributed by atoms with Crippen molar-refractivity contribution in [3.63, 3.8) is 0 Å². The number of ether oxygens (including phenoxy) is 1. The monoisotopic (exact) mass is 553 g/mol. The molecule has 3 heterocycles. The van der Waals surface area contributed by atoms with Crippen LogP contribution in [0.1, 0.15) is 70.9 Å². The summed E-state index contributed by atoms with van der Waals surface area (Å²) < 4.78 is 11.2. The predicted octanol–water partition coefficient (Wildman–Crippen LogP) is 4.28. The SMILES string of the molecule is Cc1ncoc1COc1ccc2c(c1Cl)CCN(C[C@@H](O)CNC(=O)c1cc(CC3CCCCC3)ncn1)C2. The van der Waals surface area contributed by atoms with Gasteiger partial charge in [0.15, 0.2) is 12.2 Å². The van der Waals surface area contributed by atoms with Crippen LogP contribution in [0.25, 0.3) is 0 Å². The summed E-state index contributed by atoms with van der Waals surface area (Å²) in [6.45, 7) is 4.15. The summed E-state index contributed by atoms with van der Waals surface area (Å²) >= 11 is 6.67. The molecule has 1 fully saturated rings. The molecule has 39 heavy (non-hydrogen) atoms. The van der Waals surface area contributed by atoms with Gasteiger partial charge in [-0.25, -0.2) is 15.0 Å². The number of carbonyl (C=O) groups excluding carboxylic acids is 1. The molecule has 1 aliphatic heterocycles. The van der Waals surface area contributed by atoms with E-state index in [1.807, 2.05) is 19.1 Å². The second kappa shape index (κ2) is 12.9. The van der Waals surface area contributed by atoms with Gasteiger partial charge in [-0.2, -0.15) is 0 Å². The Labute approximate surface area is 234 Å². The molecule has 3 aromatic rings. The minimum Gasteiger partial charge on any atom is -0.484 e. The number of aromatic nitrogens is 3. The second-order valence-corrected chi connectivity index (χ2v) is 11.0. The van der Waals surface area contributed by atoms with Gasteiger partial charge in [-0.3, -0.25) is 9.69 Å². The quantitative estimate of drug-likeness (QED) is 0.382. The number of hydrogen-bond donors (Lipinski definition) is 2. The molecule has 2 aliphatic rings. The Kier molecular flexibility index (Phi) is 9.11. The Hall–Kier alpha value is -3.01. The van der Waals surface area contributed by atoms with Gasteiger partial charge in [0.1, 0.15) is 24.4 Å². The molecule has 208 valence electrons. The van der Waals surface area contributed by atoms with Crippen LogP contribution in [0.5, 0.6) is 5.75 Å². The lowest BCUT2D eigenvalue weighted by Crippen LogP contribution is -2.42. The summed E-state index contributed by atoms with van der Waals surface area (Å²) in [6.07, 6.45) is 10.1. The molecule has 2 N–H and O–H groups in total. The van der Waals surface area contributed by atoms with E-state index in [4.69, 9.17) is 20.8 Å². The molecule has 5 rings (SSSR count). The highest BCUT2D eigenvalue weighted by Crippen LogP contribution is 2.34. The zero-order chi connectivity index (χ0) is 27.2. The first-order valence-electron chi connectivity index (χ1n) is 13.8. The van der Waals surface area contributed by atoms with E-state index in [9.17, 15) is 9.90 Å². The van der Waals surface area contributed by atoms with Crippen LogP contribution in [0.3, 0.4) is 0 Å². The fraction of sp³-hybridized carbons (Fsp3) is 0.517. The number of hydrogen-bond acceptors (Lipinski definition) is 8. The lowest BCUT2D eigenvalue weighted by atomic mass is 9.86. The number of aliphatic hydroxyl groups excluding tert-OH is 1. The molecule has 0 saturated heterocycles. The van der Waals surface area contributed by atoms with Crippen molar-refractivity contribution in [2.45, 2.75) is 71.1 Å². The summed E-state index contributed by atoms with van der Waals surface area (Å²) in [4.78, 5) is 27.5. The van der Waals surface area contributed by atoms with Crippen LogP contribution in [-0.2, 0) is 26.0 Å². The van der Waals surface area contributed by atoms with Gasteiger partial charge >= 0.3 is 0 Å². The first kappa shape index (κ1) is 27.6. The first-order valence-corrected chi connectivity index (χ1v) is 14.2. The molecule has 1 atom stereocenters. The largest absolute Gasteiger partial charge is 0.484 e. The third-order valence-electron chi connectivity index (χ3n) is 7.73. The van der Waals surface area contributed by atoms with Crippen molar-refractivity contribution in [1.29, 1.82) is 0 Å². The standard InChI is InChI=1S/C29H36ClN5O4/c1-19-27(39-18-34-19)16-38-26-8-7-21-14-35(10-9-24(21)28(26)30)15-23(36)13-31-29(37)25-12-22(32-17-33-25)11-20-5-3-2-4-6-20/h7-8,12,17-18,20,23,36H,2-6,9-11,13-16H2,1H3,(H,31,37)/t23-/m0/s1. The number of nitrogens with zero attached hydrogens (tertiary/aromatic N) is 4. The van der Waals surface area contributed by atoms with Crippen LogP contribution in [0.4, 0.5) is 0 Å². The van der Waals surface area contributed by atoms with Crippen LogP contribution in [0, 0.1) is 12.8 Å². The molecule has 0 unspecified atom stereocenters. The normalized spacial score (nSPS) is 17.0. The number of oxazole rings is 1. The third-order valence-corrected chi connectivity index (χ3v) is 8.14. The number of aliphatic hydroxyl groups is 1. The van der Waals surface area contributed by atoms with E-state index in [1.54, 1.807) is 6.07 Å². The number of carbonyl (C=O) groups is 1. The van der Waals surface area contributed by atoms with Crippen molar-refractivity contribution in [1.82, 2.24) is 25.2 Å². The molecule has 1 aromatic carbocycles. The minimum atomic E-state index is -0.706. The molecular weight excluding hydrogens is 518 g/mol. The van der Waals surface area contributed by atoms with Crippen molar-refractivity contribution in [2.75, 3.05) is 19.6 Å². The molecule has 10 heteroatoms. The van der Waals surface area contributed by atoms with Gasteiger partial charge in [-0.15, -0.1) is 0 Å². The number of halogens is 1. The predicted molar refractivity (Wildman–Crippen MR) is 147 cm³/mol. The number of β-amino-alcohol motifs (C(OH)–C–C–N with tert-alkyl or cyclic N) is 1. The summed E-state index contributed by atoms with van der Waals surface area (Å²) in [6, 6.07) is 5.67. The lowest BCUT2D eigenvalue weighted by Gasteiger charge is -2.31. The van der Waals surface area contributed by atoms with Gasteiger partial charge in [-0.05, 0) is 48.9 Å². The van der Waals surface area contributed by atoms with Gasteiger partial charge < -0.3 is 19.6 Å². The number of nitrogens with one attached hydrogen (secondary N) is 1. The maximum absolute atomic E-state index is 12.7. The second-order valence-electron chi connectivity index (χ2n) is 10.6. The Morgan fingerprint density at radius 3 is 2.90 bits per heavy atom. The lowest BCUT2D eigenvalue weighted by molar-refractivity contribution is 0.0837. The minimum absolute atomic E-state index is 0.152. The van der Waals surface area contributed by atoms with Gasteiger partial charge in [-0.1, -0.05) is 49.8 Å². The maximum Gasteiger partial charge on any atom is 0.270 e. The summed E-state index contributed by atoms with van der Waals surface area (Å²) in [5, 5.41) is 14.1. The highest BCUT2D eigenvalue weighted by Gasteiger charge is 2.23. The van der Waals surface area contributed by atoms with E-state index in [1.165, 1.54) is 44.8 Å². The van der Waals surface area contributed by atoms with Crippen LogP contribution in [0.15, 0.2) is 35.3 Å². The zero-order valence-corrected chi connectivity index (χ0v) is 23.1. The number of benzene rings is 1. The highest BCUT2D eigenvalue weighted by molar-refractivity contribution is 6.33. The molecule has 0 radical (unpaired) electrons. The molecule has 0 bridgehead atoms. The van der Waals surface area contributed by atoms with Crippen molar-refractivity contribution in [2.24, 2.45) is 5.92 Å². The number of fused-ring (bicyclic) bond motifs is 1. The Morgan fingerprint density at radius 2 is 2.10 bits per heavy atom. The molecular formula is C29H36ClN5O4. The van der Waals surface area contributed by atoms with Crippen molar-refractivity contribution < 1.29 is 19.1 Å². The van der Waals surface area contributed by atoms with Crippen molar-refractivity contribution >= 4 is 17.5 Å². The third kappa shape index (κ3) is 7.15. The molecule has 9 nitrogen and oxygen atoms in total. The van der Waals surface area contributed by atoms with E-state index < -0.39 is 6.10 Å². The van der Waals surface area contributed by atoms with E-state index >= 15 is 0 Å². The first-order chi connectivity index (χ1) is 19.0. The average molecular weight is 554 g/mol. The van der Waals surface area contributed by atoms with Crippen LogP contribution >= 0.6 is 11.6 Å². The maximum atomic E-state index is 12.7. The Morgan fingerprint density at radius 1 is 1.26 bits per heavy atom. The molecule has 1 amide bonds. The number of aryl methyl sites for hydroxylation is 1. The molecule has 2 aromatic heterocycles. The fourth-order valence-corrected chi connectivity index (χ4v) is 5.84. The highest BCUT2D eigenvalue weighted by atomic mass is 35.5. The van der Waals surface area contributed by atoms with Gasteiger partial charge in [0, 0.05) is 31.9 Å². The molecule has 1 saturated carbocycles. The van der Waals surface area contributed by atoms with Gasteiger partial charge in [0.25, 0.3) is 5.91 Å². The van der Waals surface area contributed by atoms with E-state index in [2.05, 4.69) is 25.2 Å². The van der Waals surface area contributed by atoms with Gasteiger partial charge in [0.05, 0.1) is 16.8 Å². The summed E-state index contributed by atoms with van der Waals surface area (Å²) in [7, 11) is 0. The Bertz CT molecular complexity index is 1280. The van der Waals surface area contributed by atoms with E-state index in [-0.39, 0.29) is 19.1 Å². The van der Waals surface area contributed by atoms with E-state index in [0.29, 0.717) is 41.2 Å². The van der Waals surface area contributed by atoms with Crippen LogP contribution in [-0.4, -0.2) is 56.6 Å². The summed E-state index contributed by atoms with van der Waals surface area (Å²) in [5.74, 6) is 1.65. The fourth-order valence-electron chi connectivity index (χ4n) is 5.51. The van der Waals surface area contributed by atoms with E-state index in [0.717, 1.165) is 41.9 Å². The average Bonchev–Trinajstić information content (AvgIpc) is 3.36. The van der Waals surface area contributed by atoms with Crippen molar-refractivity contribution in [3.8, 4) is 5.75 Å². The Balaban J connectivity index is 1.09. The smallest absolute Gasteiger partial charge is 0.270 e. The van der Waals surface area contributed by atoms with Crippen molar-refractivity contribution in [3.05, 3.63) is 69.9 Å². The zero-order valence-electron chi connectivity index (χ0n) is 22.4. The molecule has 0 spiro atoms. The van der Waals surface area contributed by atoms with Crippen LogP contribution < -0.4 is 10.1 Å². The molecule has 1 aliphatic carbocycles. The number of rotatable bonds is 10. The van der Waals surface area contributed by atoms with Crippen LogP contribution in [0.2, 0.25) is 5.02 Å². The summed E-state index contributed by atoms with van der Waals surface area (Å²) in [5.41, 5.74) is 4.23. The topological polar surface area (TPSA) is 114 Å². The van der Waals surface area contributed by atoms with Gasteiger partial charge in [0.2, 0.25) is 0 Å². The number of amides is 1.